The van der Waals surface area contributed by atoms with Crippen molar-refractivity contribution < 1.29 is 9.63 Å². The fourth-order valence-electron chi connectivity index (χ4n) is 2.11. The first kappa shape index (κ1) is 11.8. The average Bonchev–Trinajstić information content (AvgIpc) is 2.57. The van der Waals surface area contributed by atoms with Crippen molar-refractivity contribution in [1.29, 1.82) is 0 Å². The Bertz CT molecular complexity index is 617. The molecule has 1 aliphatic rings. The van der Waals surface area contributed by atoms with Gasteiger partial charge in [-0.1, -0.05) is 48.6 Å². The van der Waals surface area contributed by atoms with Gasteiger partial charge in [0, 0.05) is 22.7 Å². The van der Waals surface area contributed by atoms with E-state index in [2.05, 4.69) is 0 Å². The number of hydrogen-bond acceptors (Lipinski definition) is 3. The number of para-hydroxylation sites is 2. The van der Waals surface area contributed by atoms with Crippen molar-refractivity contribution in [3.63, 3.8) is 0 Å². The molecule has 19 heavy (non-hydrogen) atoms. The van der Waals surface area contributed by atoms with Gasteiger partial charge in [-0.25, -0.2) is 4.79 Å². The van der Waals surface area contributed by atoms with Gasteiger partial charge in [-0.2, -0.15) is 5.06 Å². The molecule has 4 heteroatoms. The topological polar surface area (TPSA) is 29.5 Å². The van der Waals surface area contributed by atoms with Crippen LogP contribution >= 0.6 is 11.6 Å². The molecule has 3 nitrogen and oxygen atoms in total. The molecule has 0 aliphatic carbocycles. The van der Waals surface area contributed by atoms with Crippen LogP contribution in [-0.2, 0) is 4.84 Å². The van der Waals surface area contributed by atoms with E-state index in [1.165, 1.54) is 5.06 Å². The van der Waals surface area contributed by atoms with E-state index in [4.69, 9.17) is 16.4 Å². The summed E-state index contributed by atoms with van der Waals surface area (Å²) in [5.41, 5.74) is 2.59. The van der Waals surface area contributed by atoms with Gasteiger partial charge in [0.25, 0.3) is 0 Å². The van der Waals surface area contributed by atoms with Gasteiger partial charge in [-0.3, -0.25) is 0 Å². The largest absolute Gasteiger partial charge is 0.428 e. The molecule has 94 valence electrons. The van der Waals surface area contributed by atoms with E-state index in [0.717, 1.165) is 22.5 Å². The third kappa shape index (κ3) is 2.20. The van der Waals surface area contributed by atoms with Crippen LogP contribution in [0.5, 0.6) is 0 Å². The maximum absolute atomic E-state index is 11.1. The summed E-state index contributed by atoms with van der Waals surface area (Å²) >= 11 is 5.37. The van der Waals surface area contributed by atoms with Gasteiger partial charge in [0.2, 0.25) is 0 Å². The number of carbonyl (C=O) groups is 1. The maximum Gasteiger partial charge on any atom is 0.428 e. The van der Waals surface area contributed by atoms with Gasteiger partial charge in [-0.15, -0.1) is 0 Å². The minimum Gasteiger partial charge on any atom is -0.321 e. The van der Waals surface area contributed by atoms with E-state index < -0.39 is 5.43 Å². The highest BCUT2D eigenvalue weighted by atomic mass is 35.5. The first-order chi connectivity index (χ1) is 9.25. The average molecular weight is 272 g/mol. The van der Waals surface area contributed by atoms with Crippen molar-refractivity contribution in [2.45, 2.75) is 0 Å². The maximum atomic E-state index is 11.1. The van der Waals surface area contributed by atoms with Gasteiger partial charge < -0.3 is 4.84 Å². The van der Waals surface area contributed by atoms with Crippen LogP contribution in [0.2, 0.25) is 0 Å². The molecule has 0 saturated carbocycles. The summed E-state index contributed by atoms with van der Waals surface area (Å²) < 4.78 is 0. The van der Waals surface area contributed by atoms with E-state index in [9.17, 15) is 4.79 Å². The number of halogens is 1. The summed E-state index contributed by atoms with van der Waals surface area (Å²) in [6, 6.07) is 15.3. The quantitative estimate of drug-likeness (QED) is 0.710. The summed E-state index contributed by atoms with van der Waals surface area (Å²) in [5, 5.41) is 1.46. The molecule has 3 rings (SSSR count). The van der Waals surface area contributed by atoms with E-state index in [1.807, 2.05) is 60.7 Å². The Balaban J connectivity index is 2.21. The van der Waals surface area contributed by atoms with Crippen molar-refractivity contribution >= 4 is 40.6 Å². The Morgan fingerprint density at radius 2 is 1.37 bits per heavy atom. The van der Waals surface area contributed by atoms with Crippen LogP contribution < -0.4 is 5.06 Å². The molecule has 0 amide bonds. The molecule has 0 spiro atoms. The Morgan fingerprint density at radius 1 is 0.895 bits per heavy atom. The molecule has 0 fully saturated rings. The Morgan fingerprint density at radius 3 is 1.84 bits per heavy atom. The highest BCUT2D eigenvalue weighted by molar-refractivity contribution is 6.61. The first-order valence-electron chi connectivity index (χ1n) is 5.79. The van der Waals surface area contributed by atoms with Crippen LogP contribution in [0.15, 0.2) is 48.5 Å². The molecule has 1 aliphatic heterocycles. The van der Waals surface area contributed by atoms with Crippen molar-refractivity contribution in [2.24, 2.45) is 0 Å². The van der Waals surface area contributed by atoms with Crippen LogP contribution in [0.4, 0.5) is 16.2 Å². The first-order valence-corrected chi connectivity index (χ1v) is 6.17. The van der Waals surface area contributed by atoms with Gasteiger partial charge >= 0.3 is 5.43 Å². The molecule has 0 aromatic heterocycles. The van der Waals surface area contributed by atoms with E-state index in [1.54, 1.807) is 0 Å². The summed E-state index contributed by atoms with van der Waals surface area (Å²) in [5.74, 6) is 0. The molecular formula is C15H10ClNO2. The number of benzene rings is 2. The van der Waals surface area contributed by atoms with Crippen LogP contribution in [0, 0.1) is 0 Å². The lowest BCUT2D eigenvalue weighted by molar-refractivity contribution is 0.174. The molecule has 1 heterocycles. The number of rotatable bonds is 1. The monoisotopic (exact) mass is 271 g/mol. The lowest BCUT2D eigenvalue weighted by Gasteiger charge is -2.23. The predicted octanol–water partition coefficient (Wildman–Crippen LogP) is 4.60. The molecule has 0 bridgehead atoms. The third-order valence-electron chi connectivity index (χ3n) is 2.92. The minimum absolute atomic E-state index is 0.776. The zero-order valence-corrected chi connectivity index (χ0v) is 10.7. The van der Waals surface area contributed by atoms with Crippen LogP contribution in [0.25, 0.3) is 12.2 Å². The number of carbonyl (C=O) groups excluding carboxylic acids is 1. The summed E-state index contributed by atoms with van der Waals surface area (Å²) in [4.78, 5) is 16.3. The van der Waals surface area contributed by atoms with Gasteiger partial charge in [-0.05, 0) is 12.1 Å². The van der Waals surface area contributed by atoms with Crippen molar-refractivity contribution in [3.8, 4) is 0 Å². The van der Waals surface area contributed by atoms with Crippen LogP contribution in [0.3, 0.4) is 0 Å². The Labute approximate surface area is 115 Å². The molecule has 0 unspecified atom stereocenters. The zero-order valence-electron chi connectivity index (χ0n) is 9.92. The van der Waals surface area contributed by atoms with Crippen molar-refractivity contribution in [1.82, 2.24) is 0 Å². The van der Waals surface area contributed by atoms with E-state index >= 15 is 0 Å². The highest BCUT2D eigenvalue weighted by Crippen LogP contribution is 2.36. The van der Waals surface area contributed by atoms with Crippen molar-refractivity contribution in [3.05, 3.63) is 59.7 Å². The van der Waals surface area contributed by atoms with Gasteiger partial charge in [0.05, 0.1) is 11.4 Å². The fourth-order valence-corrected chi connectivity index (χ4v) is 2.18. The minimum atomic E-state index is -0.869. The molecular weight excluding hydrogens is 262 g/mol. The summed E-state index contributed by atoms with van der Waals surface area (Å²) in [6.07, 6.45) is 3.96. The van der Waals surface area contributed by atoms with E-state index in [-0.39, 0.29) is 0 Å². The summed E-state index contributed by atoms with van der Waals surface area (Å²) in [7, 11) is 0. The molecule has 0 radical (unpaired) electrons. The second kappa shape index (κ2) is 4.78. The van der Waals surface area contributed by atoms with Crippen LogP contribution in [-0.4, -0.2) is 5.43 Å². The Kier molecular flexibility index (Phi) is 2.97. The standard InChI is InChI=1S/C15H10ClNO2/c16-15(18)19-17-13-7-3-1-5-11(13)9-10-12-6-2-4-8-14(12)17/h1-10H. The molecule has 0 N–H and O–H groups in total. The molecule has 2 aromatic rings. The SMILES string of the molecule is O=C(Cl)ON1c2ccccc2C=Cc2ccccc21. The number of fused-ring (bicyclic) bond motifs is 2. The molecule has 0 saturated heterocycles. The number of nitrogens with zero attached hydrogens (tertiary/aromatic N) is 1. The second-order valence-electron chi connectivity index (χ2n) is 4.07. The number of anilines is 2. The smallest absolute Gasteiger partial charge is 0.321 e. The van der Waals surface area contributed by atoms with Crippen molar-refractivity contribution in [2.75, 3.05) is 5.06 Å². The highest BCUT2D eigenvalue weighted by Gasteiger charge is 2.20. The second-order valence-corrected chi connectivity index (χ2v) is 4.38. The lowest BCUT2D eigenvalue weighted by atomic mass is 10.1. The summed E-state index contributed by atoms with van der Waals surface area (Å²) in [6.45, 7) is 0. The van der Waals surface area contributed by atoms with Crippen LogP contribution in [0.1, 0.15) is 11.1 Å². The number of hydrogen-bond donors (Lipinski definition) is 0. The molecule has 2 aromatic carbocycles. The van der Waals surface area contributed by atoms with E-state index in [0.29, 0.717) is 0 Å². The Hall–Kier alpha value is -2.26. The zero-order chi connectivity index (χ0) is 13.2. The van der Waals surface area contributed by atoms with Gasteiger partial charge in [0.1, 0.15) is 0 Å². The molecule has 0 atom stereocenters. The third-order valence-corrected chi connectivity index (χ3v) is 2.99. The van der Waals surface area contributed by atoms with Gasteiger partial charge in [0.15, 0.2) is 0 Å². The normalized spacial score (nSPS) is 12.4. The fraction of sp³-hybridized carbons (Fsp3) is 0. The predicted molar refractivity (Wildman–Crippen MR) is 76.3 cm³/mol. The lowest BCUT2D eigenvalue weighted by Crippen LogP contribution is -2.20.